The molecule has 8 heteroatoms. The zero-order valence-electron chi connectivity index (χ0n) is 13.1. The van der Waals surface area contributed by atoms with E-state index in [1.54, 1.807) is 37.4 Å². The van der Waals surface area contributed by atoms with E-state index in [0.717, 1.165) is 4.57 Å². The van der Waals surface area contributed by atoms with Crippen molar-refractivity contribution in [3.8, 4) is 0 Å². The minimum atomic E-state index is -0.514. The van der Waals surface area contributed by atoms with Crippen molar-refractivity contribution in [2.75, 3.05) is 5.32 Å². The van der Waals surface area contributed by atoms with E-state index in [1.165, 1.54) is 17.8 Å². The summed E-state index contributed by atoms with van der Waals surface area (Å²) in [5, 5.41) is 3.41. The van der Waals surface area contributed by atoms with Crippen LogP contribution >= 0.6 is 0 Å². The summed E-state index contributed by atoms with van der Waals surface area (Å²) in [7, 11) is 2.98. The molecule has 3 aromatic rings. The van der Waals surface area contributed by atoms with E-state index < -0.39 is 17.2 Å². The summed E-state index contributed by atoms with van der Waals surface area (Å²) in [5.74, 6) is -0.514. The van der Waals surface area contributed by atoms with Gasteiger partial charge in [-0.25, -0.2) is 9.78 Å². The summed E-state index contributed by atoms with van der Waals surface area (Å²) in [6, 6.07) is 8.18. The maximum Gasteiger partial charge on any atom is 0.332 e. The fraction of sp³-hybridized carbons (Fsp3) is 0.125. The van der Waals surface area contributed by atoms with Gasteiger partial charge in [0.15, 0.2) is 5.65 Å². The fourth-order valence-electron chi connectivity index (χ4n) is 2.46. The van der Waals surface area contributed by atoms with Crippen LogP contribution in [-0.2, 0) is 14.1 Å². The highest BCUT2D eigenvalue weighted by atomic mass is 16.2. The smallest absolute Gasteiger partial charge is 0.332 e. The van der Waals surface area contributed by atoms with Gasteiger partial charge in [0.2, 0.25) is 5.91 Å². The highest BCUT2D eigenvalue weighted by molar-refractivity contribution is 5.94. The van der Waals surface area contributed by atoms with Crippen LogP contribution in [0.5, 0.6) is 0 Å². The number of hydrogen-bond donors (Lipinski definition) is 2. The fourth-order valence-corrected chi connectivity index (χ4v) is 2.46. The van der Waals surface area contributed by atoms with Gasteiger partial charge in [-0.1, -0.05) is 0 Å². The average Bonchev–Trinajstić information content (AvgIpc) is 2.58. The second-order valence-corrected chi connectivity index (χ2v) is 5.33. The van der Waals surface area contributed by atoms with Gasteiger partial charge >= 0.3 is 5.69 Å². The molecule has 0 fully saturated rings. The number of nitrogens with one attached hydrogen (secondary N) is 1. The standard InChI is InChI=1S/C16H15N5O3/c1-20-14-12(15(23)21(2)16(20)24)11(7-8-18-14)19-10-5-3-9(4-6-10)13(17)22/h3-8H,1-2H3,(H2,17,22)(H,18,19). The molecule has 0 aliphatic carbocycles. The Kier molecular flexibility index (Phi) is 3.64. The molecule has 3 N–H and O–H groups in total. The third kappa shape index (κ3) is 2.43. The van der Waals surface area contributed by atoms with Gasteiger partial charge in [-0.05, 0) is 30.3 Å². The highest BCUT2D eigenvalue weighted by Crippen LogP contribution is 2.22. The molecule has 2 heterocycles. The summed E-state index contributed by atoms with van der Waals surface area (Å²) in [6.45, 7) is 0. The second-order valence-electron chi connectivity index (χ2n) is 5.33. The Bertz CT molecular complexity index is 1060. The molecule has 0 radical (unpaired) electrons. The maximum atomic E-state index is 12.5. The molecular weight excluding hydrogens is 310 g/mol. The Morgan fingerprint density at radius 2 is 1.75 bits per heavy atom. The predicted octanol–water partition coefficient (Wildman–Crippen LogP) is 0.475. The van der Waals surface area contributed by atoms with E-state index in [2.05, 4.69) is 10.3 Å². The number of anilines is 2. The van der Waals surface area contributed by atoms with Crippen LogP contribution in [0.25, 0.3) is 11.0 Å². The van der Waals surface area contributed by atoms with E-state index >= 15 is 0 Å². The van der Waals surface area contributed by atoms with Gasteiger partial charge in [-0.3, -0.25) is 18.7 Å². The number of aromatic nitrogens is 3. The number of rotatable bonds is 3. The van der Waals surface area contributed by atoms with Gasteiger partial charge in [0.05, 0.1) is 5.69 Å². The molecule has 0 saturated heterocycles. The molecular formula is C16H15N5O3. The van der Waals surface area contributed by atoms with Crippen molar-refractivity contribution in [1.29, 1.82) is 0 Å². The second kappa shape index (κ2) is 5.65. The molecule has 0 atom stereocenters. The summed E-state index contributed by atoms with van der Waals surface area (Å²) < 4.78 is 2.35. The molecule has 1 amide bonds. The average molecular weight is 325 g/mol. The topological polar surface area (TPSA) is 112 Å². The third-order valence-corrected chi connectivity index (χ3v) is 3.79. The zero-order chi connectivity index (χ0) is 17.4. The number of carbonyl (C=O) groups is 1. The van der Waals surface area contributed by atoms with Crippen molar-refractivity contribution in [3.63, 3.8) is 0 Å². The summed E-state index contributed by atoms with van der Waals surface area (Å²) in [6.07, 6.45) is 1.52. The van der Waals surface area contributed by atoms with Crippen LogP contribution in [0.2, 0.25) is 0 Å². The van der Waals surface area contributed by atoms with Gasteiger partial charge in [-0.2, -0.15) is 0 Å². The van der Waals surface area contributed by atoms with Crippen LogP contribution in [0.15, 0.2) is 46.1 Å². The van der Waals surface area contributed by atoms with E-state index in [0.29, 0.717) is 28.0 Å². The van der Waals surface area contributed by atoms with Crippen LogP contribution in [0.3, 0.4) is 0 Å². The molecule has 24 heavy (non-hydrogen) atoms. The molecule has 1 aromatic carbocycles. The van der Waals surface area contributed by atoms with Crippen LogP contribution in [-0.4, -0.2) is 20.0 Å². The SMILES string of the molecule is Cn1c(=O)c2c(Nc3ccc(C(N)=O)cc3)ccnc2n(C)c1=O. The van der Waals surface area contributed by atoms with E-state index in [1.807, 2.05) is 0 Å². The molecule has 3 rings (SSSR count). The number of amides is 1. The van der Waals surface area contributed by atoms with Crippen molar-refractivity contribution in [2.45, 2.75) is 0 Å². The Hall–Kier alpha value is -3.42. The zero-order valence-corrected chi connectivity index (χ0v) is 13.1. The monoisotopic (exact) mass is 325 g/mol. The predicted molar refractivity (Wildman–Crippen MR) is 90.5 cm³/mol. The molecule has 0 unspecified atom stereocenters. The number of nitrogens with zero attached hydrogens (tertiary/aromatic N) is 3. The number of aryl methyl sites for hydroxylation is 1. The van der Waals surface area contributed by atoms with Crippen molar-refractivity contribution >= 4 is 28.3 Å². The number of pyridine rings is 1. The van der Waals surface area contributed by atoms with Crippen LogP contribution in [0.1, 0.15) is 10.4 Å². The Labute approximate surface area is 136 Å². The van der Waals surface area contributed by atoms with Crippen molar-refractivity contribution in [1.82, 2.24) is 14.1 Å². The molecule has 0 aliphatic heterocycles. The number of nitrogens with two attached hydrogens (primary N) is 1. The van der Waals surface area contributed by atoms with Crippen LogP contribution in [0, 0.1) is 0 Å². The molecule has 0 spiro atoms. The largest absolute Gasteiger partial charge is 0.366 e. The Morgan fingerprint density at radius 1 is 1.08 bits per heavy atom. The lowest BCUT2D eigenvalue weighted by atomic mass is 10.2. The normalized spacial score (nSPS) is 10.8. The lowest BCUT2D eigenvalue weighted by Crippen LogP contribution is -2.37. The molecule has 0 saturated carbocycles. The number of hydrogen-bond acceptors (Lipinski definition) is 5. The highest BCUT2D eigenvalue weighted by Gasteiger charge is 2.13. The van der Waals surface area contributed by atoms with Crippen LogP contribution < -0.4 is 22.3 Å². The third-order valence-electron chi connectivity index (χ3n) is 3.79. The Balaban J connectivity index is 2.15. The first-order valence-corrected chi connectivity index (χ1v) is 7.12. The van der Waals surface area contributed by atoms with Gasteiger partial charge < -0.3 is 11.1 Å². The van der Waals surface area contributed by atoms with Crippen LogP contribution in [0.4, 0.5) is 11.4 Å². The Morgan fingerprint density at radius 3 is 2.38 bits per heavy atom. The first-order valence-electron chi connectivity index (χ1n) is 7.12. The van der Waals surface area contributed by atoms with Crippen molar-refractivity contribution < 1.29 is 4.79 Å². The number of benzene rings is 1. The molecule has 122 valence electrons. The minimum absolute atomic E-state index is 0.293. The van der Waals surface area contributed by atoms with Gasteiger partial charge in [0, 0.05) is 31.5 Å². The maximum absolute atomic E-state index is 12.5. The van der Waals surface area contributed by atoms with Gasteiger partial charge in [0.1, 0.15) is 5.39 Å². The first kappa shape index (κ1) is 15.5. The quantitative estimate of drug-likeness (QED) is 0.727. The molecule has 0 aliphatic rings. The molecule has 2 aromatic heterocycles. The molecule has 0 bridgehead atoms. The van der Waals surface area contributed by atoms with E-state index in [4.69, 9.17) is 5.73 Å². The van der Waals surface area contributed by atoms with Gasteiger partial charge in [-0.15, -0.1) is 0 Å². The lowest BCUT2D eigenvalue weighted by Gasteiger charge is -2.12. The molecule has 8 nitrogen and oxygen atoms in total. The number of fused-ring (bicyclic) bond motifs is 1. The number of carbonyl (C=O) groups excluding carboxylic acids is 1. The van der Waals surface area contributed by atoms with Crippen molar-refractivity contribution in [2.24, 2.45) is 19.8 Å². The lowest BCUT2D eigenvalue weighted by molar-refractivity contribution is 0.100. The summed E-state index contributed by atoms with van der Waals surface area (Å²) in [4.78, 5) is 39.7. The van der Waals surface area contributed by atoms with E-state index in [9.17, 15) is 14.4 Å². The summed E-state index contributed by atoms with van der Waals surface area (Å²) in [5.41, 5.74) is 6.21. The van der Waals surface area contributed by atoms with E-state index in [-0.39, 0.29) is 0 Å². The summed E-state index contributed by atoms with van der Waals surface area (Å²) >= 11 is 0. The first-order chi connectivity index (χ1) is 11.4. The van der Waals surface area contributed by atoms with Gasteiger partial charge in [0.25, 0.3) is 5.56 Å². The number of primary amides is 1. The van der Waals surface area contributed by atoms with Crippen molar-refractivity contribution in [3.05, 3.63) is 62.9 Å². The minimum Gasteiger partial charge on any atom is -0.366 e.